The number of hydrogen-bond donors (Lipinski definition) is 2. The van der Waals surface area contributed by atoms with E-state index in [9.17, 15) is 14.0 Å². The Balaban J connectivity index is 2.17. The van der Waals surface area contributed by atoms with E-state index >= 15 is 0 Å². The summed E-state index contributed by atoms with van der Waals surface area (Å²) in [7, 11) is 0. The van der Waals surface area contributed by atoms with Crippen molar-refractivity contribution < 1.29 is 18.7 Å². The summed E-state index contributed by atoms with van der Waals surface area (Å²) >= 11 is 0. The maximum Gasteiger partial charge on any atom is 0.408 e. The van der Waals surface area contributed by atoms with Crippen LogP contribution in [0.5, 0.6) is 0 Å². The van der Waals surface area contributed by atoms with Crippen LogP contribution in [0.2, 0.25) is 0 Å². The predicted octanol–water partition coefficient (Wildman–Crippen LogP) is 2.34. The molecule has 2 rings (SSSR count). The number of para-hydroxylation sites is 1. The van der Waals surface area contributed by atoms with Gasteiger partial charge in [0, 0.05) is 5.56 Å². The molecule has 102 valence electrons. The molecular formula is C13H15FN2O3. The van der Waals surface area contributed by atoms with Crippen LogP contribution in [-0.4, -0.2) is 17.6 Å². The minimum absolute atomic E-state index is 0.105. The van der Waals surface area contributed by atoms with Crippen molar-refractivity contribution in [3.05, 3.63) is 29.6 Å². The number of amides is 2. The SMILES string of the molecule is CC(C)(C)OC(=O)NC1C(=O)Nc2c(F)cccc21. The Labute approximate surface area is 110 Å². The first-order chi connectivity index (χ1) is 8.78. The Hall–Kier alpha value is -2.11. The molecular weight excluding hydrogens is 251 g/mol. The number of anilines is 1. The van der Waals surface area contributed by atoms with Gasteiger partial charge in [-0.3, -0.25) is 4.79 Å². The molecule has 1 aromatic carbocycles. The van der Waals surface area contributed by atoms with Crippen LogP contribution >= 0.6 is 0 Å². The molecule has 6 heteroatoms. The average Bonchev–Trinajstić information content (AvgIpc) is 2.55. The van der Waals surface area contributed by atoms with Gasteiger partial charge in [-0.1, -0.05) is 12.1 Å². The van der Waals surface area contributed by atoms with Crippen molar-refractivity contribution in [3.8, 4) is 0 Å². The minimum Gasteiger partial charge on any atom is -0.444 e. The van der Waals surface area contributed by atoms with Gasteiger partial charge in [0.25, 0.3) is 5.91 Å². The molecule has 19 heavy (non-hydrogen) atoms. The zero-order valence-corrected chi connectivity index (χ0v) is 10.9. The molecule has 0 spiro atoms. The van der Waals surface area contributed by atoms with E-state index in [2.05, 4.69) is 10.6 Å². The number of rotatable bonds is 1. The van der Waals surface area contributed by atoms with E-state index in [0.717, 1.165) is 0 Å². The first-order valence-corrected chi connectivity index (χ1v) is 5.87. The predicted molar refractivity (Wildman–Crippen MR) is 67.1 cm³/mol. The van der Waals surface area contributed by atoms with Gasteiger partial charge >= 0.3 is 6.09 Å². The van der Waals surface area contributed by atoms with Gasteiger partial charge in [0.1, 0.15) is 17.5 Å². The van der Waals surface area contributed by atoms with Gasteiger partial charge in [0.2, 0.25) is 0 Å². The van der Waals surface area contributed by atoms with Gasteiger partial charge in [-0.2, -0.15) is 0 Å². The summed E-state index contributed by atoms with van der Waals surface area (Å²) in [5.41, 5.74) is -0.159. The van der Waals surface area contributed by atoms with Crippen molar-refractivity contribution in [3.63, 3.8) is 0 Å². The van der Waals surface area contributed by atoms with E-state index in [0.29, 0.717) is 5.56 Å². The monoisotopic (exact) mass is 266 g/mol. The van der Waals surface area contributed by atoms with Crippen LogP contribution < -0.4 is 10.6 Å². The highest BCUT2D eigenvalue weighted by Crippen LogP contribution is 2.32. The standard InChI is InChI=1S/C13H15FN2O3/c1-13(2,3)19-12(18)16-10-7-5-4-6-8(14)9(7)15-11(10)17/h4-6,10H,1-3H3,(H,15,17)(H,16,18). The molecule has 2 amide bonds. The molecule has 0 saturated heterocycles. The number of nitrogens with one attached hydrogen (secondary N) is 2. The molecule has 2 N–H and O–H groups in total. The first kappa shape index (κ1) is 13.3. The molecule has 1 unspecified atom stereocenters. The Morgan fingerprint density at radius 2 is 2.11 bits per heavy atom. The van der Waals surface area contributed by atoms with Gasteiger partial charge < -0.3 is 15.4 Å². The molecule has 0 saturated carbocycles. The quantitative estimate of drug-likeness (QED) is 0.819. The summed E-state index contributed by atoms with van der Waals surface area (Å²) in [5, 5.41) is 4.83. The highest BCUT2D eigenvalue weighted by atomic mass is 19.1. The van der Waals surface area contributed by atoms with Crippen LogP contribution in [0.1, 0.15) is 32.4 Å². The van der Waals surface area contributed by atoms with E-state index in [4.69, 9.17) is 4.74 Å². The van der Waals surface area contributed by atoms with Crippen molar-refractivity contribution in [2.24, 2.45) is 0 Å². The lowest BCUT2D eigenvalue weighted by molar-refractivity contribution is -0.117. The summed E-state index contributed by atoms with van der Waals surface area (Å²) in [4.78, 5) is 23.4. The number of carbonyl (C=O) groups is 2. The number of hydrogen-bond acceptors (Lipinski definition) is 3. The molecule has 1 aromatic rings. The zero-order valence-electron chi connectivity index (χ0n) is 10.9. The van der Waals surface area contributed by atoms with Gasteiger partial charge in [-0.05, 0) is 26.8 Å². The number of halogens is 1. The molecule has 0 aliphatic carbocycles. The van der Waals surface area contributed by atoms with Gasteiger partial charge in [-0.15, -0.1) is 0 Å². The van der Waals surface area contributed by atoms with E-state index in [-0.39, 0.29) is 5.69 Å². The Bertz CT molecular complexity index is 537. The van der Waals surface area contributed by atoms with E-state index < -0.39 is 29.5 Å². The first-order valence-electron chi connectivity index (χ1n) is 5.87. The van der Waals surface area contributed by atoms with E-state index in [1.165, 1.54) is 12.1 Å². The normalized spacial score (nSPS) is 17.7. The van der Waals surface area contributed by atoms with Gasteiger partial charge in [-0.25, -0.2) is 9.18 Å². The van der Waals surface area contributed by atoms with Crippen LogP contribution in [0.3, 0.4) is 0 Å². The van der Waals surface area contributed by atoms with Crippen molar-refractivity contribution in [2.45, 2.75) is 32.4 Å². The molecule has 1 aliphatic heterocycles. The second-order valence-electron chi connectivity index (χ2n) is 5.27. The van der Waals surface area contributed by atoms with Crippen LogP contribution in [0.15, 0.2) is 18.2 Å². The molecule has 1 heterocycles. The van der Waals surface area contributed by atoms with Crippen LogP contribution in [-0.2, 0) is 9.53 Å². The Morgan fingerprint density at radius 1 is 1.42 bits per heavy atom. The summed E-state index contributed by atoms with van der Waals surface area (Å²) in [5.74, 6) is -1.01. The molecule has 0 aromatic heterocycles. The average molecular weight is 266 g/mol. The number of carbonyl (C=O) groups excluding carboxylic acids is 2. The third-order valence-electron chi connectivity index (χ3n) is 2.53. The van der Waals surface area contributed by atoms with Gasteiger partial charge in [0.15, 0.2) is 0 Å². The van der Waals surface area contributed by atoms with Crippen LogP contribution in [0.4, 0.5) is 14.9 Å². The number of alkyl carbamates (subject to hydrolysis) is 1. The summed E-state index contributed by atoms with van der Waals surface area (Å²) in [6, 6.07) is 3.38. The van der Waals surface area contributed by atoms with E-state index in [1.807, 2.05) is 0 Å². The van der Waals surface area contributed by atoms with Crippen LogP contribution in [0.25, 0.3) is 0 Å². The third kappa shape index (κ3) is 2.83. The fourth-order valence-corrected chi connectivity index (χ4v) is 1.82. The Morgan fingerprint density at radius 3 is 2.74 bits per heavy atom. The molecule has 5 nitrogen and oxygen atoms in total. The van der Waals surface area contributed by atoms with Crippen molar-refractivity contribution in [1.82, 2.24) is 5.32 Å². The lowest BCUT2D eigenvalue weighted by Crippen LogP contribution is -2.37. The highest BCUT2D eigenvalue weighted by Gasteiger charge is 2.34. The highest BCUT2D eigenvalue weighted by molar-refractivity contribution is 6.04. The lowest BCUT2D eigenvalue weighted by Gasteiger charge is -2.21. The number of ether oxygens (including phenoxy) is 1. The molecule has 1 aliphatic rings. The lowest BCUT2D eigenvalue weighted by atomic mass is 10.1. The number of benzene rings is 1. The fraction of sp³-hybridized carbons (Fsp3) is 0.385. The van der Waals surface area contributed by atoms with E-state index in [1.54, 1.807) is 26.8 Å². The van der Waals surface area contributed by atoms with Crippen molar-refractivity contribution >= 4 is 17.7 Å². The third-order valence-corrected chi connectivity index (χ3v) is 2.53. The smallest absolute Gasteiger partial charge is 0.408 e. The molecule has 0 radical (unpaired) electrons. The topological polar surface area (TPSA) is 67.4 Å². The maximum absolute atomic E-state index is 13.5. The second-order valence-corrected chi connectivity index (χ2v) is 5.27. The number of fused-ring (bicyclic) bond motifs is 1. The minimum atomic E-state index is -0.930. The summed E-state index contributed by atoms with van der Waals surface area (Å²) in [6.45, 7) is 5.15. The molecule has 1 atom stereocenters. The summed E-state index contributed by atoms with van der Waals surface area (Å²) < 4.78 is 18.6. The maximum atomic E-state index is 13.5. The largest absolute Gasteiger partial charge is 0.444 e. The van der Waals surface area contributed by atoms with Crippen molar-refractivity contribution in [1.29, 1.82) is 0 Å². The van der Waals surface area contributed by atoms with Crippen molar-refractivity contribution in [2.75, 3.05) is 5.32 Å². The fourth-order valence-electron chi connectivity index (χ4n) is 1.82. The van der Waals surface area contributed by atoms with Crippen LogP contribution in [0, 0.1) is 5.82 Å². The Kier molecular flexibility index (Phi) is 3.18. The summed E-state index contributed by atoms with van der Waals surface area (Å²) in [6.07, 6.45) is -0.718. The van der Waals surface area contributed by atoms with Gasteiger partial charge in [0.05, 0.1) is 5.69 Å². The molecule has 0 bridgehead atoms. The second kappa shape index (κ2) is 4.53. The zero-order chi connectivity index (χ0) is 14.2. The molecule has 0 fully saturated rings.